The summed E-state index contributed by atoms with van der Waals surface area (Å²) in [5, 5.41) is 8.40. The molecule has 1 heterocycles. The minimum Gasteiger partial charge on any atom is -0.497 e. The van der Waals surface area contributed by atoms with Crippen LogP contribution in [0.15, 0.2) is 47.6 Å². The van der Waals surface area contributed by atoms with E-state index < -0.39 is 0 Å². The highest BCUT2D eigenvalue weighted by Gasteiger charge is 1.98. The molecule has 0 spiro atoms. The van der Waals surface area contributed by atoms with Gasteiger partial charge in [0.15, 0.2) is 0 Å². The molecule has 0 atom stereocenters. The van der Waals surface area contributed by atoms with Gasteiger partial charge in [-0.2, -0.15) is 0 Å². The van der Waals surface area contributed by atoms with E-state index in [1.54, 1.807) is 25.4 Å². The molecule has 0 aliphatic heterocycles. The van der Waals surface area contributed by atoms with Crippen molar-refractivity contribution in [2.75, 3.05) is 13.7 Å². The van der Waals surface area contributed by atoms with Gasteiger partial charge in [-0.1, -0.05) is 12.1 Å². The van der Waals surface area contributed by atoms with E-state index in [0.717, 1.165) is 18.6 Å². The highest BCUT2D eigenvalue weighted by atomic mass is 16.5. The van der Waals surface area contributed by atoms with Crippen molar-refractivity contribution in [3.05, 3.63) is 48.2 Å². The van der Waals surface area contributed by atoms with Gasteiger partial charge < -0.3 is 9.47 Å². The summed E-state index contributed by atoms with van der Waals surface area (Å²) in [5.74, 6) is 1.42. The van der Waals surface area contributed by atoms with Crippen molar-refractivity contribution in [2.45, 2.75) is 12.8 Å². The van der Waals surface area contributed by atoms with Crippen LogP contribution < -0.4 is 15.0 Å². The zero-order valence-corrected chi connectivity index (χ0v) is 12.4. The number of rotatable bonds is 8. The Bertz CT molecular complexity index is 583. The second-order valence-corrected chi connectivity index (χ2v) is 4.54. The molecule has 0 saturated carbocycles. The van der Waals surface area contributed by atoms with Gasteiger partial charge in [0, 0.05) is 6.07 Å². The predicted octanol–water partition coefficient (Wildman–Crippen LogP) is 2.74. The number of hydrogen-bond acceptors (Lipinski definition) is 5. The van der Waals surface area contributed by atoms with Crippen LogP contribution in [0.3, 0.4) is 0 Å². The minimum absolute atomic E-state index is 0.561. The maximum atomic E-state index is 8.40. The normalized spacial score (nSPS) is 10.6. The molecule has 2 aromatic rings. The number of nitrogens with zero attached hydrogens (tertiary/aromatic N) is 2. The van der Waals surface area contributed by atoms with Crippen LogP contribution in [0.4, 0.5) is 5.69 Å². The van der Waals surface area contributed by atoms with Crippen molar-refractivity contribution in [2.24, 2.45) is 4.99 Å². The van der Waals surface area contributed by atoms with Crippen LogP contribution in [-0.2, 0) is 6.42 Å². The number of hydroxylamine groups is 1. The van der Waals surface area contributed by atoms with Crippen molar-refractivity contribution in [1.82, 2.24) is 10.5 Å². The van der Waals surface area contributed by atoms with E-state index in [1.807, 2.05) is 17.6 Å². The molecular formula is C16H19N3O3. The van der Waals surface area contributed by atoms with E-state index in [2.05, 4.69) is 22.1 Å². The highest BCUT2D eigenvalue weighted by Crippen LogP contribution is 2.15. The fourth-order valence-corrected chi connectivity index (χ4v) is 1.88. The molecule has 2 N–H and O–H groups in total. The first kappa shape index (κ1) is 15.8. The summed E-state index contributed by atoms with van der Waals surface area (Å²) in [6, 6.07) is 11.5. The minimum atomic E-state index is 0.561. The van der Waals surface area contributed by atoms with Gasteiger partial charge in [-0.15, -0.1) is 0 Å². The maximum absolute atomic E-state index is 8.40. The Labute approximate surface area is 129 Å². The smallest absolute Gasteiger partial charge is 0.213 e. The number of methoxy groups -OCH3 is 1. The van der Waals surface area contributed by atoms with Crippen LogP contribution in [0.2, 0.25) is 0 Å². The van der Waals surface area contributed by atoms with Crippen molar-refractivity contribution in [3.63, 3.8) is 0 Å². The number of aryl methyl sites for hydroxylation is 1. The average molecular weight is 301 g/mol. The molecule has 0 bridgehead atoms. The van der Waals surface area contributed by atoms with E-state index in [1.165, 1.54) is 11.9 Å². The molecule has 1 aromatic heterocycles. The first-order chi connectivity index (χ1) is 10.8. The van der Waals surface area contributed by atoms with Crippen molar-refractivity contribution < 1.29 is 14.7 Å². The second kappa shape index (κ2) is 8.63. The second-order valence-electron chi connectivity index (χ2n) is 4.54. The third-order valence-corrected chi connectivity index (χ3v) is 3.01. The number of ether oxygens (including phenoxy) is 2. The molecule has 1 aromatic carbocycles. The zero-order valence-electron chi connectivity index (χ0n) is 12.4. The Balaban J connectivity index is 1.72. The molecule has 0 radical (unpaired) electrons. The lowest BCUT2D eigenvalue weighted by atomic mass is 10.1. The molecule has 2 rings (SSSR count). The van der Waals surface area contributed by atoms with Crippen LogP contribution >= 0.6 is 0 Å². The first-order valence-corrected chi connectivity index (χ1v) is 6.96. The third-order valence-electron chi connectivity index (χ3n) is 3.01. The Morgan fingerprint density at radius 3 is 2.68 bits per heavy atom. The standard InChI is InChI=1S/C16H19N3O3/c1-21-15-7-4-13(5-8-15)3-2-10-22-16-9-6-14(11-17-16)18-12-19-20/h4-9,11-12,20H,2-3,10H2,1H3,(H,18,19). The van der Waals surface area contributed by atoms with Crippen molar-refractivity contribution in [1.29, 1.82) is 0 Å². The van der Waals surface area contributed by atoms with Crippen LogP contribution in [-0.4, -0.2) is 30.2 Å². The van der Waals surface area contributed by atoms with Crippen LogP contribution in [0.25, 0.3) is 0 Å². The first-order valence-electron chi connectivity index (χ1n) is 6.96. The summed E-state index contributed by atoms with van der Waals surface area (Å²) in [4.78, 5) is 8.04. The highest BCUT2D eigenvalue weighted by molar-refractivity contribution is 5.59. The van der Waals surface area contributed by atoms with E-state index in [4.69, 9.17) is 14.7 Å². The molecule has 0 aliphatic rings. The van der Waals surface area contributed by atoms with Gasteiger partial charge in [-0.25, -0.2) is 9.98 Å². The summed E-state index contributed by atoms with van der Waals surface area (Å²) in [6.07, 6.45) is 4.59. The summed E-state index contributed by atoms with van der Waals surface area (Å²) < 4.78 is 10.7. The van der Waals surface area contributed by atoms with Gasteiger partial charge in [0.05, 0.1) is 25.6 Å². The lowest BCUT2D eigenvalue weighted by molar-refractivity contribution is 0.240. The average Bonchev–Trinajstić information content (AvgIpc) is 2.58. The van der Waals surface area contributed by atoms with Gasteiger partial charge in [0.25, 0.3) is 0 Å². The number of hydrogen-bond donors (Lipinski definition) is 2. The maximum Gasteiger partial charge on any atom is 0.213 e. The molecule has 6 heteroatoms. The molecule has 0 aliphatic carbocycles. The Morgan fingerprint density at radius 1 is 1.23 bits per heavy atom. The molecule has 22 heavy (non-hydrogen) atoms. The molecule has 6 nitrogen and oxygen atoms in total. The summed E-state index contributed by atoms with van der Waals surface area (Å²) in [5.41, 5.74) is 3.72. The summed E-state index contributed by atoms with van der Waals surface area (Å²) >= 11 is 0. The SMILES string of the molecule is COc1ccc(CCCOc2ccc(N=CNO)cn2)cc1. The summed E-state index contributed by atoms with van der Waals surface area (Å²) in [6.45, 7) is 0.597. The predicted molar refractivity (Wildman–Crippen MR) is 84.1 cm³/mol. The topological polar surface area (TPSA) is 76.0 Å². The fourth-order valence-electron chi connectivity index (χ4n) is 1.88. The molecular weight excluding hydrogens is 282 g/mol. The van der Waals surface area contributed by atoms with Gasteiger partial charge in [-0.3, -0.25) is 10.7 Å². The molecule has 0 fully saturated rings. The van der Waals surface area contributed by atoms with Crippen LogP contribution in [0.1, 0.15) is 12.0 Å². The fraction of sp³-hybridized carbons (Fsp3) is 0.250. The molecule has 0 unspecified atom stereocenters. The Hall–Kier alpha value is -2.60. The third kappa shape index (κ3) is 5.06. The molecule has 0 amide bonds. The zero-order chi connectivity index (χ0) is 15.6. The monoisotopic (exact) mass is 301 g/mol. The summed E-state index contributed by atoms with van der Waals surface area (Å²) in [7, 11) is 1.66. The molecule has 116 valence electrons. The largest absolute Gasteiger partial charge is 0.497 e. The Morgan fingerprint density at radius 2 is 2.05 bits per heavy atom. The van der Waals surface area contributed by atoms with Gasteiger partial charge in [0.2, 0.25) is 5.88 Å². The lowest BCUT2D eigenvalue weighted by Gasteiger charge is -2.06. The number of benzene rings is 1. The number of pyridine rings is 1. The van der Waals surface area contributed by atoms with E-state index in [0.29, 0.717) is 18.2 Å². The van der Waals surface area contributed by atoms with E-state index >= 15 is 0 Å². The van der Waals surface area contributed by atoms with Crippen molar-refractivity contribution >= 4 is 12.0 Å². The van der Waals surface area contributed by atoms with E-state index in [9.17, 15) is 0 Å². The van der Waals surface area contributed by atoms with Crippen LogP contribution in [0.5, 0.6) is 11.6 Å². The molecule has 0 saturated heterocycles. The Kier molecular flexibility index (Phi) is 6.19. The quantitative estimate of drug-likeness (QED) is 0.339. The number of nitrogens with one attached hydrogen (secondary N) is 1. The lowest BCUT2D eigenvalue weighted by Crippen LogP contribution is -2.01. The number of aliphatic imine (C=N–C) groups is 1. The van der Waals surface area contributed by atoms with Gasteiger partial charge in [-0.05, 0) is 36.6 Å². The number of aromatic nitrogens is 1. The van der Waals surface area contributed by atoms with Crippen LogP contribution in [0, 0.1) is 0 Å². The van der Waals surface area contributed by atoms with Crippen molar-refractivity contribution in [3.8, 4) is 11.6 Å². The van der Waals surface area contributed by atoms with E-state index in [-0.39, 0.29) is 0 Å². The van der Waals surface area contributed by atoms with Gasteiger partial charge in [0.1, 0.15) is 12.1 Å². The van der Waals surface area contributed by atoms with Gasteiger partial charge >= 0.3 is 0 Å².